The van der Waals surface area contributed by atoms with E-state index in [4.69, 9.17) is 8.85 Å². The van der Waals surface area contributed by atoms with Gasteiger partial charge in [0.1, 0.15) is 0 Å². The molecule has 0 aliphatic heterocycles. The van der Waals surface area contributed by atoms with Gasteiger partial charge in [-0.15, -0.1) is 0 Å². The van der Waals surface area contributed by atoms with Crippen LogP contribution in [-0.2, 0) is 8.85 Å². The smallest absolute Gasteiger partial charge is 0.348 e. The lowest BCUT2D eigenvalue weighted by Gasteiger charge is -2.30. The van der Waals surface area contributed by atoms with Gasteiger partial charge in [0.2, 0.25) is 0 Å². The van der Waals surface area contributed by atoms with Crippen LogP contribution < -0.4 is 0 Å². The van der Waals surface area contributed by atoms with Crippen LogP contribution in [0.1, 0.15) is 33.6 Å². The fourth-order valence-corrected chi connectivity index (χ4v) is 4.48. The SMILES string of the molecule is CCCC(S)[Si](C)(OCC)OCC. The number of thiol groups is 1. The van der Waals surface area contributed by atoms with Crippen LogP contribution in [-0.4, -0.2) is 26.6 Å². The highest BCUT2D eigenvalue weighted by molar-refractivity contribution is 7.83. The summed E-state index contributed by atoms with van der Waals surface area (Å²) in [6, 6.07) is 0. The van der Waals surface area contributed by atoms with Crippen molar-refractivity contribution in [2.45, 2.75) is 45.0 Å². The summed E-state index contributed by atoms with van der Waals surface area (Å²) in [7, 11) is -2.01. The van der Waals surface area contributed by atoms with Gasteiger partial charge in [0.15, 0.2) is 0 Å². The Hall–Kier alpha value is 0.487. The van der Waals surface area contributed by atoms with Crippen molar-refractivity contribution < 1.29 is 8.85 Å². The van der Waals surface area contributed by atoms with Crippen molar-refractivity contribution in [1.82, 2.24) is 0 Å². The summed E-state index contributed by atoms with van der Waals surface area (Å²) in [5, 5.41) is 0. The fourth-order valence-electron chi connectivity index (χ4n) is 1.34. The van der Waals surface area contributed by atoms with Gasteiger partial charge in [-0.1, -0.05) is 13.3 Å². The average molecular weight is 222 g/mol. The highest BCUT2D eigenvalue weighted by atomic mass is 32.1. The van der Waals surface area contributed by atoms with E-state index in [1.807, 2.05) is 13.8 Å². The van der Waals surface area contributed by atoms with E-state index in [9.17, 15) is 0 Å². The summed E-state index contributed by atoms with van der Waals surface area (Å²) < 4.78 is 11.4. The minimum absolute atomic E-state index is 0.289. The van der Waals surface area contributed by atoms with Crippen LogP contribution in [0.3, 0.4) is 0 Å². The zero-order valence-electron chi connectivity index (χ0n) is 9.17. The monoisotopic (exact) mass is 222 g/mol. The zero-order valence-corrected chi connectivity index (χ0v) is 11.1. The zero-order chi connectivity index (χ0) is 10.3. The number of hydrogen-bond acceptors (Lipinski definition) is 3. The molecule has 0 aliphatic rings. The van der Waals surface area contributed by atoms with E-state index in [0.717, 1.165) is 26.1 Å². The molecule has 0 amide bonds. The molecule has 80 valence electrons. The molecular weight excluding hydrogens is 200 g/mol. The Labute approximate surface area is 88.7 Å². The number of hydrogen-bond donors (Lipinski definition) is 1. The highest BCUT2D eigenvalue weighted by Gasteiger charge is 2.37. The predicted molar refractivity (Wildman–Crippen MR) is 62.6 cm³/mol. The minimum atomic E-state index is -2.01. The van der Waals surface area contributed by atoms with Crippen LogP contribution in [0.4, 0.5) is 0 Å². The van der Waals surface area contributed by atoms with Crippen molar-refractivity contribution in [3.63, 3.8) is 0 Å². The lowest BCUT2D eigenvalue weighted by atomic mass is 10.4. The summed E-state index contributed by atoms with van der Waals surface area (Å²) >= 11 is 4.57. The normalized spacial score (nSPS) is 14.5. The molecule has 0 saturated heterocycles. The molecule has 0 aromatic carbocycles. The van der Waals surface area contributed by atoms with E-state index >= 15 is 0 Å². The van der Waals surface area contributed by atoms with Gasteiger partial charge in [-0.3, -0.25) is 0 Å². The standard InChI is InChI=1S/C9H22O2SSi/c1-5-8-9(12)13(4,10-6-2)11-7-3/h9,12H,5-8H2,1-4H3. The van der Waals surface area contributed by atoms with Gasteiger partial charge in [0.25, 0.3) is 0 Å². The first-order valence-corrected chi connectivity index (χ1v) is 7.97. The van der Waals surface area contributed by atoms with Crippen LogP contribution in [0.15, 0.2) is 0 Å². The van der Waals surface area contributed by atoms with Crippen molar-refractivity contribution in [1.29, 1.82) is 0 Å². The molecule has 0 spiro atoms. The van der Waals surface area contributed by atoms with Crippen molar-refractivity contribution >= 4 is 21.2 Å². The Kier molecular flexibility index (Phi) is 7.13. The maximum Gasteiger partial charge on any atom is 0.348 e. The minimum Gasteiger partial charge on any atom is -0.394 e. The molecule has 2 nitrogen and oxygen atoms in total. The molecule has 0 rings (SSSR count). The molecule has 0 aromatic heterocycles. The highest BCUT2D eigenvalue weighted by Crippen LogP contribution is 2.21. The molecule has 0 saturated carbocycles. The van der Waals surface area contributed by atoms with Gasteiger partial charge in [-0.05, 0) is 26.8 Å². The quantitative estimate of drug-likeness (QED) is 0.527. The topological polar surface area (TPSA) is 18.5 Å². The lowest BCUT2D eigenvalue weighted by molar-refractivity contribution is 0.186. The van der Waals surface area contributed by atoms with E-state index in [0.29, 0.717) is 0 Å². The largest absolute Gasteiger partial charge is 0.394 e. The summed E-state index contributed by atoms with van der Waals surface area (Å²) in [6.45, 7) is 9.74. The van der Waals surface area contributed by atoms with Crippen LogP contribution >= 0.6 is 12.6 Å². The summed E-state index contributed by atoms with van der Waals surface area (Å²) in [5.41, 5.74) is 0. The maximum absolute atomic E-state index is 5.72. The Balaban J connectivity index is 4.18. The predicted octanol–water partition coefficient (Wildman–Crippen LogP) is 2.77. The average Bonchev–Trinajstić information content (AvgIpc) is 2.05. The molecule has 13 heavy (non-hydrogen) atoms. The molecule has 0 heterocycles. The van der Waals surface area contributed by atoms with Crippen LogP contribution in [0.2, 0.25) is 6.55 Å². The van der Waals surface area contributed by atoms with Crippen molar-refractivity contribution in [2.24, 2.45) is 0 Å². The van der Waals surface area contributed by atoms with Crippen molar-refractivity contribution in [2.75, 3.05) is 13.2 Å². The first kappa shape index (κ1) is 13.5. The van der Waals surface area contributed by atoms with E-state index in [-0.39, 0.29) is 4.87 Å². The van der Waals surface area contributed by atoms with Gasteiger partial charge < -0.3 is 8.85 Å². The second-order valence-electron chi connectivity index (χ2n) is 3.19. The third kappa shape index (κ3) is 4.49. The molecule has 0 fully saturated rings. The molecular formula is C9H22O2SSi. The molecule has 0 bridgehead atoms. The Morgan fingerprint density at radius 1 is 1.15 bits per heavy atom. The molecule has 0 N–H and O–H groups in total. The van der Waals surface area contributed by atoms with E-state index in [2.05, 4.69) is 26.1 Å². The van der Waals surface area contributed by atoms with Gasteiger partial charge in [-0.25, -0.2) is 0 Å². The van der Waals surface area contributed by atoms with Gasteiger partial charge in [-0.2, -0.15) is 12.6 Å². The third-order valence-electron chi connectivity index (χ3n) is 2.03. The molecule has 4 heteroatoms. The molecule has 0 radical (unpaired) electrons. The molecule has 0 aromatic rings. The second kappa shape index (κ2) is 6.87. The Morgan fingerprint density at radius 3 is 1.92 bits per heavy atom. The summed E-state index contributed by atoms with van der Waals surface area (Å²) in [5.74, 6) is 0. The van der Waals surface area contributed by atoms with E-state index < -0.39 is 8.56 Å². The van der Waals surface area contributed by atoms with Gasteiger partial charge in [0.05, 0.1) is 0 Å². The molecule has 1 atom stereocenters. The first-order valence-electron chi connectivity index (χ1n) is 5.06. The van der Waals surface area contributed by atoms with Crippen molar-refractivity contribution in [3.05, 3.63) is 0 Å². The third-order valence-corrected chi connectivity index (χ3v) is 6.92. The Morgan fingerprint density at radius 2 is 1.62 bits per heavy atom. The van der Waals surface area contributed by atoms with Crippen LogP contribution in [0, 0.1) is 0 Å². The maximum atomic E-state index is 5.72. The van der Waals surface area contributed by atoms with Crippen LogP contribution in [0.25, 0.3) is 0 Å². The molecule has 0 aliphatic carbocycles. The van der Waals surface area contributed by atoms with E-state index in [1.165, 1.54) is 0 Å². The van der Waals surface area contributed by atoms with Crippen molar-refractivity contribution in [3.8, 4) is 0 Å². The Bertz CT molecular complexity index is 127. The fraction of sp³-hybridized carbons (Fsp3) is 1.00. The number of rotatable bonds is 7. The van der Waals surface area contributed by atoms with Gasteiger partial charge in [0, 0.05) is 18.1 Å². The molecule has 1 unspecified atom stereocenters. The summed E-state index contributed by atoms with van der Waals surface area (Å²) in [4.78, 5) is 0.289. The van der Waals surface area contributed by atoms with E-state index in [1.54, 1.807) is 0 Å². The van der Waals surface area contributed by atoms with Gasteiger partial charge >= 0.3 is 8.56 Å². The lowest BCUT2D eigenvalue weighted by Crippen LogP contribution is -2.48. The van der Waals surface area contributed by atoms with Crippen LogP contribution in [0.5, 0.6) is 0 Å². The second-order valence-corrected chi connectivity index (χ2v) is 7.60. The first-order chi connectivity index (χ1) is 6.10. The summed E-state index contributed by atoms with van der Waals surface area (Å²) in [6.07, 6.45) is 2.21.